The molecule has 3 aromatic rings. The Morgan fingerprint density at radius 1 is 0.750 bits per heavy atom. The summed E-state index contributed by atoms with van der Waals surface area (Å²) in [5, 5.41) is 0. The van der Waals surface area contributed by atoms with Crippen LogP contribution in [-0.4, -0.2) is 25.6 Å². The van der Waals surface area contributed by atoms with Crippen molar-refractivity contribution >= 4 is 0 Å². The maximum atomic E-state index is 15.0. The standard InChI is InChI=1S/C34H35F7O3/c1-2-3-4-5-20-6-8-21(9-7-20)24-14-27(35)31(28(36)15-24)34(40,41)44-26-18-42-33(43-19-26)23-12-10-22(11-13-23)25-16-29(37)32(39)30(38)17-25/h6-9,14-17,22-23,26,33H,2-5,10-13,18-19H2,1H3. The Morgan fingerprint density at radius 2 is 1.34 bits per heavy atom. The second-order valence-corrected chi connectivity index (χ2v) is 11.7. The lowest BCUT2D eigenvalue weighted by Crippen LogP contribution is -2.44. The van der Waals surface area contributed by atoms with Crippen molar-refractivity contribution in [3.8, 4) is 11.1 Å². The summed E-state index contributed by atoms with van der Waals surface area (Å²) in [6, 6.07) is 10.9. The molecule has 3 nitrogen and oxygen atoms in total. The lowest BCUT2D eigenvalue weighted by atomic mass is 9.78. The molecule has 0 amide bonds. The lowest BCUT2D eigenvalue weighted by molar-refractivity contribution is -0.326. The lowest BCUT2D eigenvalue weighted by Gasteiger charge is -2.38. The molecule has 0 unspecified atom stereocenters. The Balaban J connectivity index is 1.15. The van der Waals surface area contributed by atoms with Gasteiger partial charge in [-0.25, -0.2) is 22.0 Å². The number of hydrogen-bond donors (Lipinski definition) is 0. The normalized spacial score (nSPS) is 22.7. The van der Waals surface area contributed by atoms with Crippen LogP contribution in [0.15, 0.2) is 48.5 Å². The highest BCUT2D eigenvalue weighted by molar-refractivity contribution is 5.64. The molecule has 0 bridgehead atoms. The minimum Gasteiger partial charge on any atom is -0.350 e. The highest BCUT2D eigenvalue weighted by Crippen LogP contribution is 2.41. The molecule has 3 aromatic carbocycles. The van der Waals surface area contributed by atoms with Crippen LogP contribution in [0.25, 0.3) is 11.1 Å². The Morgan fingerprint density at radius 3 is 1.91 bits per heavy atom. The van der Waals surface area contributed by atoms with E-state index in [0.717, 1.165) is 55.5 Å². The fourth-order valence-corrected chi connectivity index (χ4v) is 6.11. The minimum atomic E-state index is -4.28. The monoisotopic (exact) mass is 624 g/mol. The van der Waals surface area contributed by atoms with Crippen molar-refractivity contribution in [2.45, 2.75) is 82.7 Å². The molecular formula is C34H35F7O3. The average molecular weight is 625 g/mol. The Bertz CT molecular complexity index is 1370. The molecule has 0 spiro atoms. The molecule has 0 N–H and O–H groups in total. The Kier molecular flexibility index (Phi) is 10.3. The summed E-state index contributed by atoms with van der Waals surface area (Å²) in [5.41, 5.74) is 0.626. The van der Waals surface area contributed by atoms with E-state index in [1.165, 1.54) is 0 Å². The molecular weight excluding hydrogens is 589 g/mol. The highest BCUT2D eigenvalue weighted by atomic mass is 19.3. The van der Waals surface area contributed by atoms with E-state index >= 15 is 8.78 Å². The van der Waals surface area contributed by atoms with Gasteiger partial charge in [0.05, 0.1) is 13.2 Å². The van der Waals surface area contributed by atoms with Crippen LogP contribution in [0.2, 0.25) is 0 Å². The summed E-state index contributed by atoms with van der Waals surface area (Å²) < 4.78 is 117. The van der Waals surface area contributed by atoms with Gasteiger partial charge in [-0.3, -0.25) is 0 Å². The maximum Gasteiger partial charge on any atom is 0.389 e. The van der Waals surface area contributed by atoms with Gasteiger partial charge in [-0.15, -0.1) is 0 Å². The molecule has 2 fully saturated rings. The van der Waals surface area contributed by atoms with E-state index in [2.05, 4.69) is 6.92 Å². The van der Waals surface area contributed by atoms with Crippen LogP contribution >= 0.6 is 0 Å². The van der Waals surface area contributed by atoms with Crippen molar-refractivity contribution in [2.75, 3.05) is 13.2 Å². The summed E-state index contributed by atoms with van der Waals surface area (Å²) in [6.07, 6.45) is 0.0916. The van der Waals surface area contributed by atoms with Crippen LogP contribution in [0.1, 0.15) is 74.5 Å². The third-order valence-corrected chi connectivity index (χ3v) is 8.53. The molecule has 5 rings (SSSR count). The van der Waals surface area contributed by atoms with Crippen molar-refractivity contribution < 1.29 is 44.9 Å². The zero-order chi connectivity index (χ0) is 31.4. The Labute approximate surface area is 252 Å². The molecule has 1 saturated heterocycles. The first kappa shape index (κ1) is 32.4. The predicted molar refractivity (Wildman–Crippen MR) is 150 cm³/mol. The molecule has 0 aromatic heterocycles. The van der Waals surface area contributed by atoms with Crippen LogP contribution in [0.5, 0.6) is 0 Å². The number of alkyl halides is 2. The van der Waals surface area contributed by atoms with Gasteiger partial charge in [-0.2, -0.15) is 8.78 Å². The van der Waals surface area contributed by atoms with Gasteiger partial charge < -0.3 is 14.2 Å². The van der Waals surface area contributed by atoms with Crippen molar-refractivity contribution in [2.24, 2.45) is 5.92 Å². The molecule has 238 valence electrons. The molecule has 10 heteroatoms. The first-order chi connectivity index (χ1) is 21.1. The highest BCUT2D eigenvalue weighted by Gasteiger charge is 2.44. The van der Waals surface area contributed by atoms with Crippen molar-refractivity contribution in [1.82, 2.24) is 0 Å². The SMILES string of the molecule is CCCCCc1ccc(-c2cc(F)c(C(F)(F)OC3COC(C4CCC(c5cc(F)c(F)c(F)c5)CC4)OC3)c(F)c2)cc1. The second-order valence-electron chi connectivity index (χ2n) is 11.7. The van der Waals surface area contributed by atoms with Gasteiger partial charge in [0, 0.05) is 5.92 Å². The largest absolute Gasteiger partial charge is 0.389 e. The van der Waals surface area contributed by atoms with E-state index in [-0.39, 0.29) is 30.6 Å². The number of unbranched alkanes of at least 4 members (excludes halogenated alkanes) is 2. The first-order valence-electron chi connectivity index (χ1n) is 15.1. The van der Waals surface area contributed by atoms with Crippen LogP contribution < -0.4 is 0 Å². The minimum absolute atomic E-state index is 0.101. The van der Waals surface area contributed by atoms with Gasteiger partial charge >= 0.3 is 6.11 Å². The van der Waals surface area contributed by atoms with Gasteiger partial charge in [0.15, 0.2) is 23.7 Å². The average Bonchev–Trinajstić information content (AvgIpc) is 3.00. The van der Waals surface area contributed by atoms with Gasteiger partial charge in [0.25, 0.3) is 0 Å². The van der Waals surface area contributed by atoms with Gasteiger partial charge in [0.1, 0.15) is 23.3 Å². The van der Waals surface area contributed by atoms with E-state index in [0.29, 0.717) is 36.8 Å². The van der Waals surface area contributed by atoms with E-state index in [9.17, 15) is 22.0 Å². The molecule has 1 heterocycles. The van der Waals surface area contributed by atoms with Crippen molar-refractivity contribution in [3.63, 3.8) is 0 Å². The Hall–Kier alpha value is -2.95. The number of halogens is 7. The van der Waals surface area contributed by atoms with Crippen molar-refractivity contribution in [3.05, 3.63) is 94.3 Å². The summed E-state index contributed by atoms with van der Waals surface area (Å²) in [5.74, 6) is -7.09. The topological polar surface area (TPSA) is 27.7 Å². The second kappa shape index (κ2) is 14.0. The van der Waals surface area contributed by atoms with E-state index < -0.39 is 53.2 Å². The summed E-state index contributed by atoms with van der Waals surface area (Å²) in [7, 11) is 0. The van der Waals surface area contributed by atoms with Gasteiger partial charge in [-0.1, -0.05) is 44.0 Å². The van der Waals surface area contributed by atoms with Crippen LogP contribution in [0.3, 0.4) is 0 Å². The first-order valence-corrected chi connectivity index (χ1v) is 15.1. The zero-order valence-electron chi connectivity index (χ0n) is 24.4. The maximum absolute atomic E-state index is 15.0. The molecule has 0 radical (unpaired) electrons. The molecule has 44 heavy (non-hydrogen) atoms. The van der Waals surface area contributed by atoms with Crippen molar-refractivity contribution in [1.29, 1.82) is 0 Å². The van der Waals surface area contributed by atoms with Crippen LogP contribution in [0, 0.1) is 35.0 Å². The summed E-state index contributed by atoms with van der Waals surface area (Å²) >= 11 is 0. The van der Waals surface area contributed by atoms with Crippen LogP contribution in [-0.2, 0) is 26.7 Å². The van der Waals surface area contributed by atoms with E-state index in [1.54, 1.807) is 12.1 Å². The number of aryl methyl sites for hydroxylation is 1. The van der Waals surface area contributed by atoms with Crippen LogP contribution in [0.4, 0.5) is 30.7 Å². The molecule has 1 aliphatic carbocycles. The third kappa shape index (κ3) is 7.46. The van der Waals surface area contributed by atoms with E-state index in [1.807, 2.05) is 12.1 Å². The van der Waals surface area contributed by atoms with Gasteiger partial charge in [-0.05, 0) is 91.0 Å². The van der Waals surface area contributed by atoms with E-state index in [4.69, 9.17) is 14.2 Å². The van der Waals surface area contributed by atoms with Gasteiger partial charge in [0.2, 0.25) is 0 Å². The third-order valence-electron chi connectivity index (χ3n) is 8.53. The smallest absolute Gasteiger partial charge is 0.350 e. The summed E-state index contributed by atoms with van der Waals surface area (Å²) in [6.45, 7) is 1.56. The number of rotatable bonds is 10. The molecule has 1 aliphatic heterocycles. The molecule has 2 aliphatic rings. The predicted octanol–water partition coefficient (Wildman–Crippen LogP) is 9.56. The fraction of sp³-hybridized carbons (Fsp3) is 0.471. The quantitative estimate of drug-likeness (QED) is 0.128. The number of ether oxygens (including phenoxy) is 3. The zero-order valence-corrected chi connectivity index (χ0v) is 24.4. The fourth-order valence-electron chi connectivity index (χ4n) is 6.11. The number of benzene rings is 3. The molecule has 0 atom stereocenters. The summed E-state index contributed by atoms with van der Waals surface area (Å²) in [4.78, 5) is 0. The molecule has 1 saturated carbocycles. The number of hydrogen-bond acceptors (Lipinski definition) is 3.